The SMILES string of the molecule is OP(O)OCl.Oc1ccccc1O. The summed E-state index contributed by atoms with van der Waals surface area (Å²) in [5.41, 5.74) is 0. The first-order valence-corrected chi connectivity index (χ1v) is 4.49. The molecule has 0 aliphatic carbocycles. The lowest BCUT2D eigenvalue weighted by molar-refractivity contribution is 0.389. The molecule has 0 amide bonds. The van der Waals surface area contributed by atoms with E-state index >= 15 is 0 Å². The predicted molar refractivity (Wildman–Crippen MR) is 48.1 cm³/mol. The monoisotopic (exact) mass is 226 g/mol. The number of phenols is 2. The highest BCUT2D eigenvalue weighted by Crippen LogP contribution is 2.25. The summed E-state index contributed by atoms with van der Waals surface area (Å²) in [4.78, 5) is 15.3. The molecule has 0 unspecified atom stereocenters. The van der Waals surface area contributed by atoms with Crippen molar-refractivity contribution in [2.45, 2.75) is 0 Å². The Morgan fingerprint density at radius 2 is 1.38 bits per heavy atom. The maximum atomic E-state index is 8.67. The average Bonchev–Trinajstić information content (AvgIpc) is 2.11. The highest BCUT2D eigenvalue weighted by molar-refractivity contribution is 7.40. The Balaban J connectivity index is 0.000000252. The number of hydrogen-bond acceptors (Lipinski definition) is 5. The van der Waals surface area contributed by atoms with Gasteiger partial charge >= 0.3 is 8.60 Å². The van der Waals surface area contributed by atoms with Crippen LogP contribution in [0.1, 0.15) is 0 Å². The Morgan fingerprint density at radius 1 is 1.08 bits per heavy atom. The van der Waals surface area contributed by atoms with Crippen molar-refractivity contribution in [2.24, 2.45) is 0 Å². The molecule has 0 atom stereocenters. The van der Waals surface area contributed by atoms with Crippen LogP contribution < -0.4 is 0 Å². The molecule has 0 saturated carbocycles. The first kappa shape index (κ1) is 12.4. The lowest BCUT2D eigenvalue weighted by Gasteiger charge is -1.91. The van der Waals surface area contributed by atoms with E-state index in [-0.39, 0.29) is 11.5 Å². The first-order chi connectivity index (χ1) is 6.07. The number of rotatable bonds is 1. The zero-order chi connectivity index (χ0) is 10.3. The molecule has 0 heterocycles. The van der Waals surface area contributed by atoms with Gasteiger partial charge in [-0.15, -0.1) is 0 Å². The Bertz CT molecular complexity index is 223. The third-order valence-electron chi connectivity index (χ3n) is 0.943. The van der Waals surface area contributed by atoms with Gasteiger partial charge in [-0.05, 0) is 12.1 Å². The Hall–Kier alpha value is -0.580. The van der Waals surface area contributed by atoms with Crippen molar-refractivity contribution in [1.29, 1.82) is 0 Å². The lowest BCUT2D eigenvalue weighted by atomic mass is 10.3. The summed E-state index contributed by atoms with van der Waals surface area (Å²) in [6.07, 6.45) is 0. The van der Waals surface area contributed by atoms with Gasteiger partial charge in [0.2, 0.25) is 0 Å². The highest BCUT2D eigenvalue weighted by atomic mass is 35.5. The number of para-hydroxylation sites is 2. The molecule has 1 aromatic carbocycles. The molecule has 5 nitrogen and oxygen atoms in total. The second-order valence-electron chi connectivity index (χ2n) is 1.81. The second-order valence-corrected chi connectivity index (χ2v) is 2.87. The number of halogens is 1. The minimum absolute atomic E-state index is 0.0764. The molecule has 13 heavy (non-hydrogen) atoms. The maximum Gasteiger partial charge on any atom is 0.344 e. The van der Waals surface area contributed by atoms with Gasteiger partial charge in [0.05, 0.1) is 11.9 Å². The van der Waals surface area contributed by atoms with Gasteiger partial charge < -0.3 is 20.0 Å². The van der Waals surface area contributed by atoms with Crippen molar-refractivity contribution in [3.63, 3.8) is 0 Å². The van der Waals surface area contributed by atoms with Crippen LogP contribution >= 0.6 is 20.5 Å². The van der Waals surface area contributed by atoms with E-state index in [1.807, 2.05) is 0 Å². The number of aromatic hydroxyl groups is 2. The molecule has 0 bridgehead atoms. The lowest BCUT2D eigenvalue weighted by Crippen LogP contribution is -1.63. The molecule has 0 aliphatic rings. The van der Waals surface area contributed by atoms with Crippen molar-refractivity contribution in [2.75, 3.05) is 0 Å². The van der Waals surface area contributed by atoms with E-state index in [0.29, 0.717) is 0 Å². The van der Waals surface area contributed by atoms with Crippen molar-refractivity contribution >= 4 is 20.5 Å². The summed E-state index contributed by atoms with van der Waals surface area (Å²) >= 11 is 4.37. The van der Waals surface area contributed by atoms with Crippen molar-refractivity contribution in [3.8, 4) is 11.5 Å². The first-order valence-electron chi connectivity index (χ1n) is 3.01. The van der Waals surface area contributed by atoms with Crippen LogP contribution in [-0.4, -0.2) is 20.0 Å². The molecular formula is C6H8ClO5P. The molecule has 0 aromatic heterocycles. The number of benzene rings is 1. The second kappa shape index (κ2) is 6.88. The zero-order valence-corrected chi connectivity index (χ0v) is 7.98. The van der Waals surface area contributed by atoms with Crippen LogP contribution in [0.3, 0.4) is 0 Å². The van der Waals surface area contributed by atoms with Crippen LogP contribution in [0.25, 0.3) is 0 Å². The molecule has 7 heteroatoms. The molecule has 0 fully saturated rings. The summed E-state index contributed by atoms with van der Waals surface area (Å²) < 4.78 is 3.40. The standard InChI is InChI=1S/C6H6O2.ClH2O3P/c7-5-3-1-2-4-6(5)8;1-4-5(2)3/h1-4,7-8H;2-3H. The normalized spacial score (nSPS) is 9.23. The van der Waals surface area contributed by atoms with Gasteiger partial charge in [0.15, 0.2) is 11.5 Å². The largest absolute Gasteiger partial charge is 0.504 e. The Morgan fingerprint density at radius 3 is 1.54 bits per heavy atom. The molecule has 0 radical (unpaired) electrons. The molecule has 0 spiro atoms. The van der Waals surface area contributed by atoms with E-state index in [1.54, 1.807) is 12.1 Å². The van der Waals surface area contributed by atoms with Gasteiger partial charge in [0.25, 0.3) is 0 Å². The van der Waals surface area contributed by atoms with Crippen LogP contribution in [0, 0.1) is 0 Å². The fourth-order valence-electron chi connectivity index (χ4n) is 0.464. The van der Waals surface area contributed by atoms with E-state index in [0.717, 1.165) is 0 Å². The van der Waals surface area contributed by atoms with Gasteiger partial charge in [-0.1, -0.05) is 12.1 Å². The summed E-state index contributed by atoms with van der Waals surface area (Å²) in [5, 5.41) is 17.3. The van der Waals surface area contributed by atoms with E-state index < -0.39 is 8.60 Å². The van der Waals surface area contributed by atoms with Gasteiger partial charge in [-0.3, -0.25) is 0 Å². The fraction of sp³-hybridized carbons (Fsp3) is 0. The molecule has 0 aliphatic heterocycles. The zero-order valence-electron chi connectivity index (χ0n) is 6.33. The number of hydrogen-bond donors (Lipinski definition) is 4. The van der Waals surface area contributed by atoms with Crippen LogP contribution in [0.15, 0.2) is 24.3 Å². The van der Waals surface area contributed by atoms with Crippen LogP contribution in [0.5, 0.6) is 11.5 Å². The minimum Gasteiger partial charge on any atom is -0.504 e. The number of phenolic OH excluding ortho intramolecular Hbond substituents is 2. The molecule has 0 saturated heterocycles. The van der Waals surface area contributed by atoms with Gasteiger partial charge in [-0.2, -0.15) is 4.08 Å². The average molecular weight is 227 g/mol. The molecule has 1 aromatic rings. The van der Waals surface area contributed by atoms with Gasteiger partial charge in [0.1, 0.15) is 0 Å². The van der Waals surface area contributed by atoms with E-state index in [2.05, 4.69) is 15.9 Å². The van der Waals surface area contributed by atoms with Crippen LogP contribution in [-0.2, 0) is 4.08 Å². The van der Waals surface area contributed by atoms with Crippen LogP contribution in [0.4, 0.5) is 0 Å². The Labute approximate surface area is 81.0 Å². The predicted octanol–water partition coefficient (Wildman–Crippen LogP) is 1.47. The van der Waals surface area contributed by atoms with E-state index in [4.69, 9.17) is 20.0 Å². The summed E-state index contributed by atoms with van der Waals surface area (Å²) in [5.74, 6) is -0.153. The summed E-state index contributed by atoms with van der Waals surface area (Å²) in [6.45, 7) is 0. The maximum absolute atomic E-state index is 8.67. The van der Waals surface area contributed by atoms with Crippen LogP contribution in [0.2, 0.25) is 0 Å². The van der Waals surface area contributed by atoms with E-state index in [9.17, 15) is 0 Å². The van der Waals surface area contributed by atoms with Crippen molar-refractivity contribution in [1.82, 2.24) is 0 Å². The molecule has 74 valence electrons. The van der Waals surface area contributed by atoms with E-state index in [1.165, 1.54) is 12.1 Å². The smallest absolute Gasteiger partial charge is 0.344 e. The molecule has 4 N–H and O–H groups in total. The quantitative estimate of drug-likeness (QED) is 0.430. The topological polar surface area (TPSA) is 90.2 Å². The van der Waals surface area contributed by atoms with Crippen molar-refractivity contribution < 1.29 is 24.1 Å². The van der Waals surface area contributed by atoms with Gasteiger partial charge in [0, 0.05) is 0 Å². The third-order valence-corrected chi connectivity index (χ3v) is 1.44. The highest BCUT2D eigenvalue weighted by Gasteiger charge is 1.90. The fourth-order valence-corrected chi connectivity index (χ4v) is 0.464. The Kier molecular flexibility index (Phi) is 6.58. The minimum atomic E-state index is -2.33. The van der Waals surface area contributed by atoms with Gasteiger partial charge in [-0.25, -0.2) is 0 Å². The molecular weight excluding hydrogens is 218 g/mol. The summed E-state index contributed by atoms with van der Waals surface area (Å²) in [6, 6.07) is 6.15. The molecule has 1 rings (SSSR count). The third kappa shape index (κ3) is 6.57. The van der Waals surface area contributed by atoms with Crippen molar-refractivity contribution in [3.05, 3.63) is 24.3 Å². The summed E-state index contributed by atoms with van der Waals surface area (Å²) in [7, 11) is -2.33.